The summed E-state index contributed by atoms with van der Waals surface area (Å²) >= 11 is 8.13. The van der Waals surface area contributed by atoms with Gasteiger partial charge in [-0.25, -0.2) is 0 Å². The normalized spacial score (nSPS) is 15.9. The number of nitro groups is 1. The molecule has 0 atom stereocenters. The molecule has 1 aliphatic rings. The second kappa shape index (κ2) is 7.38. The number of hydrogen-bond donors (Lipinski definition) is 0. The fourth-order valence-electron chi connectivity index (χ4n) is 2.32. The first-order valence-corrected chi connectivity index (χ1v) is 9.61. The average Bonchev–Trinajstić information content (AvgIpc) is 2.88. The van der Waals surface area contributed by atoms with Crippen LogP contribution in [0.4, 0.5) is 11.4 Å². The lowest BCUT2D eigenvalue weighted by atomic mass is 10.2. The van der Waals surface area contributed by atoms with Gasteiger partial charge in [-0.3, -0.25) is 19.8 Å². The van der Waals surface area contributed by atoms with Gasteiger partial charge in [0.05, 0.1) is 15.5 Å². The fourth-order valence-corrected chi connectivity index (χ4v) is 4.07. The second-order valence-electron chi connectivity index (χ2n) is 5.07. The summed E-state index contributed by atoms with van der Waals surface area (Å²) in [7, 11) is 0. The van der Waals surface area contributed by atoms with Gasteiger partial charge in [-0.2, -0.15) is 0 Å². The Morgan fingerprint density at radius 2 is 2.00 bits per heavy atom. The highest BCUT2D eigenvalue weighted by Gasteiger charge is 2.33. The molecular weight excluding hydrogens is 376 g/mol. The Balaban J connectivity index is 1.93. The Morgan fingerprint density at radius 1 is 1.24 bits per heavy atom. The predicted molar refractivity (Wildman–Crippen MR) is 107 cm³/mol. The molecule has 5 nitrogen and oxygen atoms in total. The van der Waals surface area contributed by atoms with Gasteiger partial charge < -0.3 is 0 Å². The summed E-state index contributed by atoms with van der Waals surface area (Å²) in [6.07, 6.45) is 3.59. The maximum atomic E-state index is 12.7. The van der Waals surface area contributed by atoms with Gasteiger partial charge >= 0.3 is 0 Å². The first kappa shape index (κ1) is 17.7. The molecule has 1 heterocycles. The van der Waals surface area contributed by atoms with E-state index in [0.29, 0.717) is 14.8 Å². The van der Waals surface area contributed by atoms with Gasteiger partial charge in [0.2, 0.25) is 0 Å². The minimum absolute atomic E-state index is 0.0168. The van der Waals surface area contributed by atoms with Crippen LogP contribution >= 0.6 is 35.7 Å². The van der Waals surface area contributed by atoms with Crippen LogP contribution in [0.5, 0.6) is 0 Å². The molecule has 0 N–H and O–H groups in total. The highest BCUT2D eigenvalue weighted by atomic mass is 32.2. The predicted octanol–water partition coefficient (Wildman–Crippen LogP) is 4.72. The second-order valence-corrected chi connectivity index (χ2v) is 7.63. The van der Waals surface area contributed by atoms with E-state index in [4.69, 9.17) is 12.2 Å². The third-order valence-corrected chi connectivity index (χ3v) is 5.51. The van der Waals surface area contributed by atoms with Crippen LogP contribution in [0.15, 0.2) is 58.3 Å². The van der Waals surface area contributed by atoms with E-state index in [1.54, 1.807) is 30.0 Å². The van der Waals surface area contributed by atoms with E-state index in [9.17, 15) is 14.9 Å². The van der Waals surface area contributed by atoms with E-state index in [2.05, 4.69) is 0 Å². The van der Waals surface area contributed by atoms with E-state index in [-0.39, 0.29) is 11.6 Å². The van der Waals surface area contributed by atoms with Crippen LogP contribution in [0, 0.1) is 10.1 Å². The maximum Gasteiger partial charge on any atom is 0.270 e. The van der Waals surface area contributed by atoms with Crippen molar-refractivity contribution in [3.63, 3.8) is 0 Å². The van der Waals surface area contributed by atoms with Gasteiger partial charge in [0.15, 0.2) is 4.32 Å². The lowest BCUT2D eigenvalue weighted by Crippen LogP contribution is -2.27. The summed E-state index contributed by atoms with van der Waals surface area (Å²) in [6.45, 7) is 0. The molecule has 1 fully saturated rings. The van der Waals surface area contributed by atoms with Crippen LogP contribution in [-0.2, 0) is 4.79 Å². The first-order chi connectivity index (χ1) is 12.0. The average molecular weight is 388 g/mol. The number of hydrogen-bond acceptors (Lipinski definition) is 6. The number of rotatable bonds is 4. The zero-order valence-electron chi connectivity index (χ0n) is 13.0. The highest BCUT2D eigenvalue weighted by Crippen LogP contribution is 2.37. The molecule has 1 saturated heterocycles. The van der Waals surface area contributed by atoms with E-state index >= 15 is 0 Å². The summed E-state index contributed by atoms with van der Waals surface area (Å²) in [5.41, 5.74) is 1.29. The van der Waals surface area contributed by atoms with Crippen LogP contribution in [-0.4, -0.2) is 21.4 Å². The smallest absolute Gasteiger partial charge is 0.268 e. The van der Waals surface area contributed by atoms with Crippen molar-refractivity contribution < 1.29 is 9.72 Å². The molecule has 0 aliphatic carbocycles. The number of thiocarbonyl (C=S) groups is 1. The Labute approximate surface area is 158 Å². The number of nitro benzene ring substituents is 1. The summed E-state index contributed by atoms with van der Waals surface area (Å²) < 4.78 is 0.444. The van der Waals surface area contributed by atoms with Gasteiger partial charge in [-0.1, -0.05) is 42.2 Å². The molecule has 1 amide bonds. The van der Waals surface area contributed by atoms with Crippen molar-refractivity contribution in [1.29, 1.82) is 0 Å². The molecule has 2 aromatic rings. The van der Waals surface area contributed by atoms with Crippen LogP contribution in [0.1, 0.15) is 5.56 Å². The number of carbonyl (C=O) groups is 1. The van der Waals surface area contributed by atoms with Crippen molar-refractivity contribution in [2.75, 3.05) is 11.2 Å². The zero-order chi connectivity index (χ0) is 18.0. The molecule has 0 unspecified atom stereocenters. The standard InChI is InChI=1S/C17H12N2O3S3/c1-24-14-7-3-5-12(10-14)18-16(20)15(25-17(18)23)9-11-4-2-6-13(8-11)19(21)22/h2-10H,1H3/b15-9+. The molecule has 0 spiro atoms. The van der Waals surface area contributed by atoms with Crippen molar-refractivity contribution >= 4 is 63.4 Å². The molecule has 0 saturated carbocycles. The van der Waals surface area contributed by atoms with Crippen molar-refractivity contribution in [2.24, 2.45) is 0 Å². The van der Waals surface area contributed by atoms with Gasteiger partial charge in [0.25, 0.3) is 11.6 Å². The zero-order valence-corrected chi connectivity index (χ0v) is 15.5. The molecule has 8 heteroatoms. The minimum atomic E-state index is -0.462. The minimum Gasteiger partial charge on any atom is -0.268 e. The number of benzene rings is 2. The number of carbonyl (C=O) groups excluding carboxylic acids is 1. The van der Waals surface area contributed by atoms with E-state index in [1.807, 2.05) is 30.5 Å². The summed E-state index contributed by atoms with van der Waals surface area (Å²) in [5.74, 6) is -0.222. The van der Waals surface area contributed by atoms with Crippen molar-refractivity contribution in [3.8, 4) is 0 Å². The van der Waals surface area contributed by atoms with Crippen molar-refractivity contribution in [1.82, 2.24) is 0 Å². The Hall–Kier alpha value is -2.16. The number of nitrogens with zero attached hydrogens (tertiary/aromatic N) is 2. The molecule has 25 heavy (non-hydrogen) atoms. The van der Waals surface area contributed by atoms with E-state index in [1.165, 1.54) is 28.8 Å². The fraction of sp³-hybridized carbons (Fsp3) is 0.0588. The largest absolute Gasteiger partial charge is 0.270 e. The lowest BCUT2D eigenvalue weighted by Gasteiger charge is -2.15. The van der Waals surface area contributed by atoms with Crippen LogP contribution < -0.4 is 4.90 Å². The molecule has 0 bridgehead atoms. The molecule has 0 aromatic heterocycles. The first-order valence-electron chi connectivity index (χ1n) is 7.16. The van der Waals surface area contributed by atoms with Crippen molar-refractivity contribution in [2.45, 2.75) is 4.90 Å². The number of amides is 1. The SMILES string of the molecule is CSc1cccc(N2C(=O)/C(=C\c3cccc([N+](=O)[O-])c3)SC2=S)c1. The third kappa shape index (κ3) is 3.76. The van der Waals surface area contributed by atoms with Gasteiger partial charge in [-0.05, 0) is 36.1 Å². The molecule has 0 radical (unpaired) electrons. The van der Waals surface area contributed by atoms with Crippen LogP contribution in [0.3, 0.4) is 0 Å². The van der Waals surface area contributed by atoms with Crippen molar-refractivity contribution in [3.05, 3.63) is 69.1 Å². The summed E-state index contributed by atoms with van der Waals surface area (Å²) in [4.78, 5) is 26.1. The Kier molecular flexibility index (Phi) is 5.22. The monoisotopic (exact) mass is 388 g/mol. The summed E-state index contributed by atoms with van der Waals surface area (Å²) in [5, 5.41) is 10.9. The number of thioether (sulfide) groups is 2. The highest BCUT2D eigenvalue weighted by molar-refractivity contribution is 8.27. The molecule has 126 valence electrons. The van der Waals surface area contributed by atoms with E-state index < -0.39 is 4.92 Å². The third-order valence-electron chi connectivity index (χ3n) is 3.48. The molecule has 3 rings (SSSR count). The van der Waals surface area contributed by atoms with Gasteiger partial charge in [0.1, 0.15) is 0 Å². The summed E-state index contributed by atoms with van der Waals surface area (Å²) in [6, 6.07) is 13.7. The van der Waals surface area contributed by atoms with Crippen LogP contribution in [0.25, 0.3) is 6.08 Å². The molecule has 2 aromatic carbocycles. The van der Waals surface area contributed by atoms with Gasteiger partial charge in [-0.15, -0.1) is 11.8 Å². The maximum absolute atomic E-state index is 12.7. The van der Waals surface area contributed by atoms with E-state index in [0.717, 1.165) is 10.6 Å². The number of non-ortho nitro benzene ring substituents is 1. The van der Waals surface area contributed by atoms with Crippen LogP contribution in [0.2, 0.25) is 0 Å². The Bertz CT molecular complexity index is 912. The molecular formula is C17H12N2O3S3. The Morgan fingerprint density at radius 3 is 2.72 bits per heavy atom. The van der Waals surface area contributed by atoms with Gasteiger partial charge in [0, 0.05) is 17.0 Å². The topological polar surface area (TPSA) is 63.5 Å². The lowest BCUT2D eigenvalue weighted by molar-refractivity contribution is -0.384. The quantitative estimate of drug-likeness (QED) is 0.248. The molecule has 1 aliphatic heterocycles. The number of anilines is 1.